The number of benzene rings is 1. The van der Waals surface area contributed by atoms with Gasteiger partial charge < -0.3 is 43.3 Å². The molecule has 1 amide bonds. The number of quaternary nitrogens is 1. The molecule has 0 spiro atoms. The molecule has 2 bridgehead atoms. The van der Waals surface area contributed by atoms with Crippen LogP contribution >= 0.6 is 0 Å². The molecule has 6 nitrogen and oxygen atoms in total. The number of alkyl carbamates (subject to hydrolysis) is 1. The monoisotopic (exact) mass is 502 g/mol. The van der Waals surface area contributed by atoms with Crippen molar-refractivity contribution in [1.82, 2.24) is 5.32 Å². The molecule has 0 radical (unpaired) electrons. The molecule has 1 aromatic carbocycles. The van der Waals surface area contributed by atoms with Gasteiger partial charge in [-0.1, -0.05) is 30.3 Å². The number of hydrogen-bond acceptors (Lipinski definition) is 4. The van der Waals surface area contributed by atoms with Crippen molar-refractivity contribution in [1.29, 1.82) is 0 Å². The van der Waals surface area contributed by atoms with Gasteiger partial charge in [-0.3, -0.25) is 0 Å². The number of carbonyl (C=O) groups excluding carboxylic acids is 2. The second kappa shape index (κ2) is 8.98. The summed E-state index contributed by atoms with van der Waals surface area (Å²) in [5.41, 5.74) is 0.0547. The minimum Gasteiger partial charge on any atom is -1.00 e. The number of nitrogens with zero attached hydrogens (tertiary/aromatic N) is 1. The molecule has 3 heterocycles. The maximum absolute atomic E-state index is 13.0. The van der Waals surface area contributed by atoms with Crippen LogP contribution in [0.3, 0.4) is 0 Å². The lowest BCUT2D eigenvalue weighted by Gasteiger charge is -2.49. The maximum atomic E-state index is 13.0. The molecule has 4 rings (SSSR count). The van der Waals surface area contributed by atoms with Gasteiger partial charge in [0.15, 0.2) is 12.1 Å². The summed E-state index contributed by atoms with van der Waals surface area (Å²) in [6.07, 6.45) is 1.46. The molecule has 3 aliphatic rings. The van der Waals surface area contributed by atoms with Gasteiger partial charge in [-0.2, -0.15) is 0 Å². The zero-order valence-electron chi connectivity index (χ0n) is 17.1. The van der Waals surface area contributed by atoms with Gasteiger partial charge in [-0.15, -0.1) is 0 Å². The van der Waals surface area contributed by atoms with Gasteiger partial charge in [0.25, 0.3) is 0 Å². The van der Waals surface area contributed by atoms with Crippen molar-refractivity contribution >= 4 is 12.1 Å². The number of fused-ring (bicyclic) bond motifs is 3. The van der Waals surface area contributed by atoms with E-state index in [-0.39, 0.29) is 30.1 Å². The lowest BCUT2D eigenvalue weighted by molar-refractivity contribution is -0.928. The SMILES string of the molecule is CC(C)(C)OC(=O)NC(C(=O)O[C@H]1C[N+]2(C)CCC1CC2)c1ccccc1.[I-]. The highest BCUT2D eigenvalue weighted by molar-refractivity contribution is 5.83. The molecule has 0 saturated carbocycles. The second-order valence-electron chi connectivity index (χ2n) is 9.05. The molecular weight excluding hydrogens is 471 g/mol. The van der Waals surface area contributed by atoms with Crippen LogP contribution in [0.15, 0.2) is 30.3 Å². The third kappa shape index (κ3) is 5.83. The molecule has 7 heteroatoms. The topological polar surface area (TPSA) is 64.6 Å². The van der Waals surface area contributed by atoms with Crippen molar-refractivity contribution in [2.24, 2.45) is 5.92 Å². The van der Waals surface area contributed by atoms with E-state index in [9.17, 15) is 9.59 Å². The minimum atomic E-state index is -0.873. The zero-order chi connectivity index (χ0) is 19.7. The van der Waals surface area contributed by atoms with Crippen LogP contribution in [0.2, 0.25) is 0 Å². The number of likely N-dealkylation sites (N-methyl/N-ethyl adjacent to an activating group) is 1. The Labute approximate surface area is 184 Å². The van der Waals surface area contributed by atoms with Crippen molar-refractivity contribution < 1.29 is 47.5 Å². The average Bonchev–Trinajstić information content (AvgIpc) is 2.59. The Morgan fingerprint density at radius 2 is 1.75 bits per heavy atom. The number of carbonyl (C=O) groups is 2. The Hall–Kier alpha value is -1.35. The van der Waals surface area contributed by atoms with Crippen LogP contribution in [0, 0.1) is 5.92 Å². The van der Waals surface area contributed by atoms with Crippen LogP contribution in [0.4, 0.5) is 4.79 Å². The maximum Gasteiger partial charge on any atom is 0.408 e. The lowest BCUT2D eigenvalue weighted by atomic mass is 9.84. The predicted molar refractivity (Wildman–Crippen MR) is 102 cm³/mol. The van der Waals surface area contributed by atoms with Gasteiger partial charge in [0.2, 0.25) is 0 Å². The first kappa shape index (κ1) is 22.9. The van der Waals surface area contributed by atoms with E-state index in [0.29, 0.717) is 11.5 Å². The number of piperidine rings is 3. The van der Waals surface area contributed by atoms with Crippen LogP contribution in [0.25, 0.3) is 0 Å². The average molecular weight is 502 g/mol. The van der Waals surface area contributed by atoms with E-state index < -0.39 is 23.7 Å². The summed E-state index contributed by atoms with van der Waals surface area (Å²) >= 11 is 0. The number of rotatable bonds is 4. The van der Waals surface area contributed by atoms with Crippen LogP contribution in [0.1, 0.15) is 45.2 Å². The van der Waals surface area contributed by atoms with Gasteiger partial charge >= 0.3 is 12.1 Å². The fourth-order valence-electron chi connectivity index (χ4n) is 4.05. The molecule has 156 valence electrons. The van der Waals surface area contributed by atoms with Crippen molar-refractivity contribution in [3.05, 3.63) is 35.9 Å². The largest absolute Gasteiger partial charge is 1.00 e. The Morgan fingerprint density at radius 1 is 1.14 bits per heavy atom. The Morgan fingerprint density at radius 3 is 2.29 bits per heavy atom. The summed E-state index contributed by atoms with van der Waals surface area (Å²) in [5, 5.41) is 2.69. The van der Waals surface area contributed by atoms with Gasteiger partial charge in [0.05, 0.1) is 20.1 Å². The zero-order valence-corrected chi connectivity index (χ0v) is 19.3. The van der Waals surface area contributed by atoms with E-state index in [1.165, 1.54) is 0 Å². The number of nitrogens with one attached hydrogen (secondary N) is 1. The molecule has 0 aliphatic carbocycles. The normalized spacial score (nSPS) is 27.3. The summed E-state index contributed by atoms with van der Waals surface area (Å²) < 4.78 is 12.2. The lowest BCUT2D eigenvalue weighted by Crippen LogP contribution is -3.00. The van der Waals surface area contributed by atoms with E-state index in [2.05, 4.69) is 12.4 Å². The van der Waals surface area contributed by atoms with Crippen LogP contribution in [-0.4, -0.2) is 54.9 Å². The molecule has 3 aliphatic heterocycles. The van der Waals surface area contributed by atoms with Crippen LogP contribution < -0.4 is 29.3 Å². The van der Waals surface area contributed by atoms with Gasteiger partial charge in [-0.05, 0) is 26.3 Å². The van der Waals surface area contributed by atoms with E-state index in [4.69, 9.17) is 9.47 Å². The molecular formula is C21H31IN2O4. The van der Waals surface area contributed by atoms with Gasteiger partial charge in [-0.25, -0.2) is 9.59 Å². The molecule has 3 fully saturated rings. The molecule has 1 N–H and O–H groups in total. The van der Waals surface area contributed by atoms with E-state index in [1.54, 1.807) is 20.8 Å². The van der Waals surface area contributed by atoms with Crippen molar-refractivity contribution in [2.75, 3.05) is 26.7 Å². The van der Waals surface area contributed by atoms with Crippen molar-refractivity contribution in [2.45, 2.75) is 51.4 Å². The van der Waals surface area contributed by atoms with Crippen LogP contribution in [-0.2, 0) is 14.3 Å². The smallest absolute Gasteiger partial charge is 0.408 e. The number of esters is 1. The van der Waals surface area contributed by atoms with Gasteiger partial charge in [0, 0.05) is 18.8 Å². The quantitative estimate of drug-likeness (QED) is 0.359. The number of amides is 1. The van der Waals surface area contributed by atoms with E-state index in [1.807, 2.05) is 30.3 Å². The molecule has 28 heavy (non-hydrogen) atoms. The minimum absolute atomic E-state index is 0. The highest BCUT2D eigenvalue weighted by Crippen LogP contribution is 2.34. The summed E-state index contributed by atoms with van der Waals surface area (Å²) in [7, 11) is 2.23. The first-order valence-electron chi connectivity index (χ1n) is 9.74. The highest BCUT2D eigenvalue weighted by atomic mass is 127. The number of halogens is 1. The predicted octanol–water partition coefficient (Wildman–Crippen LogP) is 0.0384. The Balaban J connectivity index is 0.00000280. The number of ether oxygens (including phenoxy) is 2. The van der Waals surface area contributed by atoms with E-state index in [0.717, 1.165) is 37.0 Å². The third-order valence-corrected chi connectivity index (χ3v) is 5.52. The third-order valence-electron chi connectivity index (χ3n) is 5.52. The summed E-state index contributed by atoms with van der Waals surface area (Å²) in [6, 6.07) is 8.31. The van der Waals surface area contributed by atoms with E-state index >= 15 is 0 Å². The first-order valence-corrected chi connectivity index (χ1v) is 9.74. The Bertz CT molecular complexity index is 681. The fraction of sp³-hybridized carbons (Fsp3) is 0.619. The summed E-state index contributed by atoms with van der Waals surface area (Å²) in [5.74, 6) is 0.00394. The summed E-state index contributed by atoms with van der Waals surface area (Å²) in [4.78, 5) is 25.3. The van der Waals surface area contributed by atoms with Gasteiger partial charge in [0.1, 0.15) is 12.1 Å². The standard InChI is InChI=1S/C21H30N2O4.HI/c1-21(2,3)27-20(25)22-18(16-8-6-5-7-9-16)19(24)26-17-14-23(4)12-10-15(17)11-13-23;/h5-9,15,17-18H,10-14H2,1-4H3;1H/t15?,17-,18?,23?;/m0./s1. The molecule has 1 aromatic rings. The highest BCUT2D eigenvalue weighted by Gasteiger charge is 2.46. The second-order valence-corrected chi connectivity index (χ2v) is 9.05. The van der Waals surface area contributed by atoms with Crippen molar-refractivity contribution in [3.63, 3.8) is 0 Å². The fourth-order valence-corrected chi connectivity index (χ4v) is 4.05. The molecule has 0 aromatic heterocycles. The van der Waals surface area contributed by atoms with Crippen LogP contribution in [0.5, 0.6) is 0 Å². The number of hydrogen-bond donors (Lipinski definition) is 1. The Kier molecular flexibility index (Phi) is 7.36. The molecule has 1 unspecified atom stereocenters. The van der Waals surface area contributed by atoms with Crippen molar-refractivity contribution in [3.8, 4) is 0 Å². The first-order chi connectivity index (χ1) is 12.7. The molecule has 3 saturated heterocycles. The molecule has 2 atom stereocenters. The summed E-state index contributed by atoms with van der Waals surface area (Å²) in [6.45, 7) is 8.53.